The van der Waals surface area contributed by atoms with Gasteiger partial charge in [0.1, 0.15) is 11.6 Å². The lowest BCUT2D eigenvalue weighted by Gasteiger charge is -2.10. The first kappa shape index (κ1) is 11.5. The van der Waals surface area contributed by atoms with Gasteiger partial charge in [-0.05, 0) is 24.1 Å². The maximum absolute atomic E-state index is 13.6. The Balaban J connectivity index is 2.99. The Morgan fingerprint density at radius 1 is 1.31 bits per heavy atom. The number of fused-ring (bicyclic) bond motifs is 1. The molecule has 84 valence electrons. The molecule has 2 aromatic rings. The average Bonchev–Trinajstić information content (AvgIpc) is 2.25. The van der Waals surface area contributed by atoms with E-state index >= 15 is 0 Å². The third-order valence-electron chi connectivity index (χ3n) is 2.57. The standard InChI is InChI=1S/C12H9Cl2FO/c1-2-6-9(15)4-3-7-11(6)8(13)5-10(16)12(7)14/h3-5,16H,2H2,1H3. The molecular weight excluding hydrogens is 250 g/mol. The highest BCUT2D eigenvalue weighted by Gasteiger charge is 2.14. The van der Waals surface area contributed by atoms with Crippen LogP contribution in [0.15, 0.2) is 18.2 Å². The zero-order valence-electron chi connectivity index (χ0n) is 8.52. The quantitative estimate of drug-likeness (QED) is 0.796. The largest absolute Gasteiger partial charge is 0.506 e. The van der Waals surface area contributed by atoms with E-state index in [1.54, 1.807) is 0 Å². The van der Waals surface area contributed by atoms with Crippen molar-refractivity contribution in [1.29, 1.82) is 0 Å². The van der Waals surface area contributed by atoms with Gasteiger partial charge in [0.15, 0.2) is 0 Å². The van der Waals surface area contributed by atoms with Gasteiger partial charge in [-0.3, -0.25) is 0 Å². The van der Waals surface area contributed by atoms with Crippen LogP contribution in [0.5, 0.6) is 5.75 Å². The molecule has 0 radical (unpaired) electrons. The van der Waals surface area contributed by atoms with Crippen LogP contribution in [0.2, 0.25) is 10.0 Å². The number of phenolic OH excluding ortho intramolecular Hbond substituents is 1. The monoisotopic (exact) mass is 258 g/mol. The number of aryl methyl sites for hydroxylation is 1. The maximum atomic E-state index is 13.6. The van der Waals surface area contributed by atoms with Crippen LogP contribution in [0.3, 0.4) is 0 Å². The van der Waals surface area contributed by atoms with Crippen LogP contribution >= 0.6 is 23.2 Å². The van der Waals surface area contributed by atoms with Gasteiger partial charge in [-0.25, -0.2) is 4.39 Å². The summed E-state index contributed by atoms with van der Waals surface area (Å²) in [6.07, 6.45) is 0.518. The molecule has 0 bridgehead atoms. The maximum Gasteiger partial charge on any atom is 0.136 e. The van der Waals surface area contributed by atoms with Gasteiger partial charge in [-0.2, -0.15) is 0 Å². The highest BCUT2D eigenvalue weighted by molar-refractivity contribution is 6.41. The highest BCUT2D eigenvalue weighted by Crippen LogP contribution is 2.39. The Kier molecular flexibility index (Phi) is 2.96. The van der Waals surface area contributed by atoms with E-state index in [1.165, 1.54) is 18.2 Å². The summed E-state index contributed by atoms with van der Waals surface area (Å²) in [7, 11) is 0. The number of hydrogen-bond acceptors (Lipinski definition) is 1. The van der Waals surface area contributed by atoms with Crippen molar-refractivity contribution in [2.24, 2.45) is 0 Å². The third-order valence-corrected chi connectivity index (χ3v) is 3.27. The van der Waals surface area contributed by atoms with Gasteiger partial charge in [0.25, 0.3) is 0 Å². The van der Waals surface area contributed by atoms with Gasteiger partial charge in [0.05, 0.1) is 10.0 Å². The highest BCUT2D eigenvalue weighted by atomic mass is 35.5. The first-order valence-corrected chi connectivity index (χ1v) is 5.60. The number of benzene rings is 2. The normalized spacial score (nSPS) is 11.0. The second-order valence-electron chi connectivity index (χ2n) is 3.49. The lowest BCUT2D eigenvalue weighted by atomic mass is 10.0. The van der Waals surface area contributed by atoms with E-state index in [9.17, 15) is 9.50 Å². The summed E-state index contributed by atoms with van der Waals surface area (Å²) in [5, 5.41) is 11.2. The summed E-state index contributed by atoms with van der Waals surface area (Å²) in [6.45, 7) is 1.84. The number of rotatable bonds is 1. The summed E-state index contributed by atoms with van der Waals surface area (Å²) in [6, 6.07) is 4.20. The van der Waals surface area contributed by atoms with Crippen LogP contribution in [0.1, 0.15) is 12.5 Å². The molecule has 0 fully saturated rings. The fraction of sp³-hybridized carbons (Fsp3) is 0.167. The lowest BCUT2D eigenvalue weighted by molar-refractivity contribution is 0.476. The van der Waals surface area contributed by atoms with Crippen LogP contribution < -0.4 is 0 Å². The molecule has 0 saturated heterocycles. The minimum Gasteiger partial charge on any atom is -0.506 e. The molecule has 0 unspecified atom stereocenters. The average molecular weight is 259 g/mol. The summed E-state index contributed by atoms with van der Waals surface area (Å²) < 4.78 is 13.6. The first-order chi connectivity index (χ1) is 7.56. The molecule has 1 nitrogen and oxygen atoms in total. The fourth-order valence-electron chi connectivity index (χ4n) is 1.82. The van der Waals surface area contributed by atoms with E-state index in [-0.39, 0.29) is 16.6 Å². The second-order valence-corrected chi connectivity index (χ2v) is 4.28. The van der Waals surface area contributed by atoms with Crippen LogP contribution in [-0.4, -0.2) is 5.11 Å². The topological polar surface area (TPSA) is 20.2 Å². The molecule has 2 rings (SSSR count). The van der Waals surface area contributed by atoms with Crippen molar-refractivity contribution in [3.63, 3.8) is 0 Å². The fourth-order valence-corrected chi connectivity index (χ4v) is 2.35. The molecule has 0 atom stereocenters. The predicted molar refractivity (Wildman–Crippen MR) is 65.0 cm³/mol. The minimum absolute atomic E-state index is 0.0900. The first-order valence-electron chi connectivity index (χ1n) is 4.84. The molecule has 4 heteroatoms. The molecule has 0 aliphatic carbocycles. The van der Waals surface area contributed by atoms with Gasteiger partial charge in [-0.15, -0.1) is 0 Å². The van der Waals surface area contributed by atoms with Crippen molar-refractivity contribution in [1.82, 2.24) is 0 Å². The van der Waals surface area contributed by atoms with Crippen molar-refractivity contribution in [3.05, 3.63) is 39.6 Å². The molecule has 0 aliphatic heterocycles. The molecule has 0 saturated carbocycles. The van der Waals surface area contributed by atoms with Crippen molar-refractivity contribution in [3.8, 4) is 5.75 Å². The zero-order valence-corrected chi connectivity index (χ0v) is 10.0. The second kappa shape index (κ2) is 4.11. The van der Waals surface area contributed by atoms with Crippen LogP contribution in [0, 0.1) is 5.82 Å². The number of phenols is 1. The van der Waals surface area contributed by atoms with Gasteiger partial charge in [0, 0.05) is 16.8 Å². The van der Waals surface area contributed by atoms with Crippen molar-refractivity contribution >= 4 is 34.0 Å². The van der Waals surface area contributed by atoms with Crippen molar-refractivity contribution in [2.45, 2.75) is 13.3 Å². The number of hydrogen-bond donors (Lipinski definition) is 1. The summed E-state index contributed by atoms with van der Waals surface area (Å²) in [5.41, 5.74) is 0.518. The lowest BCUT2D eigenvalue weighted by Crippen LogP contribution is -1.91. The molecule has 0 spiro atoms. The molecule has 0 aromatic heterocycles. The van der Waals surface area contributed by atoms with E-state index in [0.29, 0.717) is 27.8 Å². The Hall–Kier alpha value is -0.990. The minimum atomic E-state index is -0.307. The van der Waals surface area contributed by atoms with Crippen molar-refractivity contribution < 1.29 is 9.50 Å². The Bertz CT molecular complexity index is 567. The van der Waals surface area contributed by atoms with Gasteiger partial charge in [0.2, 0.25) is 0 Å². The molecule has 2 aromatic carbocycles. The van der Waals surface area contributed by atoms with Gasteiger partial charge in [-0.1, -0.05) is 30.1 Å². The van der Waals surface area contributed by atoms with E-state index in [0.717, 1.165) is 0 Å². The van der Waals surface area contributed by atoms with E-state index < -0.39 is 0 Å². The molecular formula is C12H9Cl2FO. The summed E-state index contributed by atoms with van der Waals surface area (Å²) in [4.78, 5) is 0. The van der Waals surface area contributed by atoms with Crippen LogP contribution in [0.4, 0.5) is 4.39 Å². The predicted octanol–water partition coefficient (Wildman–Crippen LogP) is 4.55. The smallest absolute Gasteiger partial charge is 0.136 e. The summed E-state index contributed by atoms with van der Waals surface area (Å²) >= 11 is 12.0. The molecule has 16 heavy (non-hydrogen) atoms. The Morgan fingerprint density at radius 2 is 2.00 bits per heavy atom. The molecule has 0 heterocycles. The zero-order chi connectivity index (χ0) is 11.9. The van der Waals surface area contributed by atoms with Crippen molar-refractivity contribution in [2.75, 3.05) is 0 Å². The molecule has 0 amide bonds. The van der Waals surface area contributed by atoms with E-state index in [4.69, 9.17) is 23.2 Å². The van der Waals surface area contributed by atoms with Gasteiger partial charge < -0.3 is 5.11 Å². The summed E-state index contributed by atoms with van der Waals surface area (Å²) in [5.74, 6) is -0.397. The molecule has 0 aliphatic rings. The number of halogens is 3. The van der Waals surface area contributed by atoms with Gasteiger partial charge >= 0.3 is 0 Å². The Morgan fingerprint density at radius 3 is 2.62 bits per heavy atom. The van der Waals surface area contributed by atoms with E-state index in [1.807, 2.05) is 6.92 Å². The Labute approximate surface area is 102 Å². The number of aromatic hydroxyl groups is 1. The SMILES string of the molecule is CCc1c(F)ccc2c(Cl)c(O)cc(Cl)c12. The van der Waals surface area contributed by atoms with Crippen LogP contribution in [0.25, 0.3) is 10.8 Å². The molecule has 1 N–H and O–H groups in total. The van der Waals surface area contributed by atoms with E-state index in [2.05, 4.69) is 0 Å². The third kappa shape index (κ3) is 1.62. The van der Waals surface area contributed by atoms with Crippen LogP contribution in [-0.2, 0) is 6.42 Å².